The first-order valence-electron chi connectivity index (χ1n) is 5.45. The molecule has 2 heterocycles. The maximum Gasteiger partial charge on any atom is 0.278 e. The van der Waals surface area contributed by atoms with Gasteiger partial charge < -0.3 is 5.32 Å². The zero-order valence-electron chi connectivity index (χ0n) is 10.1. The summed E-state index contributed by atoms with van der Waals surface area (Å²) in [7, 11) is 0. The van der Waals surface area contributed by atoms with Crippen LogP contribution in [-0.4, -0.2) is 9.91 Å². The Balaban J connectivity index is 2.23. The van der Waals surface area contributed by atoms with Crippen LogP contribution in [0, 0.1) is 24.0 Å². The largest absolute Gasteiger partial charge is 0.379 e. The smallest absolute Gasteiger partial charge is 0.278 e. The number of anilines is 1. The Morgan fingerprint density at radius 3 is 2.89 bits per heavy atom. The van der Waals surface area contributed by atoms with Crippen LogP contribution in [0.25, 0.3) is 0 Å². The second kappa shape index (κ2) is 5.14. The van der Waals surface area contributed by atoms with Gasteiger partial charge in [-0.25, -0.2) is 0 Å². The van der Waals surface area contributed by atoms with E-state index in [1.54, 1.807) is 31.4 Å². The molecule has 1 N–H and O–H groups in total. The molecule has 2 aromatic rings. The Hall–Kier alpha value is -1.95. The lowest BCUT2D eigenvalue weighted by molar-refractivity contribution is -0.386. The quantitative estimate of drug-likeness (QED) is 0.679. The van der Waals surface area contributed by atoms with Crippen LogP contribution in [0.2, 0.25) is 0 Å². The summed E-state index contributed by atoms with van der Waals surface area (Å²) in [6.07, 6.45) is 1.55. The second-order valence-corrected chi connectivity index (χ2v) is 4.76. The number of hydrogen-bond acceptors (Lipinski definition) is 5. The SMILES string of the molecule is Cc1cnc(CNc2ccsc2)c(C)c1[N+](=O)[O-]. The number of aromatic nitrogens is 1. The summed E-state index contributed by atoms with van der Waals surface area (Å²) in [5.74, 6) is 0. The molecule has 0 aliphatic rings. The molecule has 0 fully saturated rings. The second-order valence-electron chi connectivity index (χ2n) is 3.98. The van der Waals surface area contributed by atoms with Gasteiger partial charge >= 0.3 is 0 Å². The number of aryl methyl sites for hydroxylation is 1. The third-order valence-corrected chi connectivity index (χ3v) is 3.42. The molecule has 0 spiro atoms. The maximum atomic E-state index is 11.0. The summed E-state index contributed by atoms with van der Waals surface area (Å²) in [4.78, 5) is 14.9. The lowest BCUT2D eigenvalue weighted by Gasteiger charge is -2.08. The highest BCUT2D eigenvalue weighted by Gasteiger charge is 2.18. The van der Waals surface area contributed by atoms with Crippen molar-refractivity contribution in [1.82, 2.24) is 4.98 Å². The van der Waals surface area contributed by atoms with Gasteiger partial charge in [0.2, 0.25) is 0 Å². The monoisotopic (exact) mass is 263 g/mol. The van der Waals surface area contributed by atoms with Crippen LogP contribution in [0.4, 0.5) is 11.4 Å². The highest BCUT2D eigenvalue weighted by molar-refractivity contribution is 7.08. The third-order valence-electron chi connectivity index (χ3n) is 2.74. The van der Waals surface area contributed by atoms with Gasteiger partial charge in [-0.1, -0.05) is 0 Å². The van der Waals surface area contributed by atoms with E-state index in [9.17, 15) is 10.1 Å². The minimum Gasteiger partial charge on any atom is -0.379 e. The Labute approximate surface area is 109 Å². The van der Waals surface area contributed by atoms with Gasteiger partial charge in [0.05, 0.1) is 22.7 Å². The van der Waals surface area contributed by atoms with Crippen molar-refractivity contribution < 1.29 is 4.92 Å². The number of nitro groups is 1. The fraction of sp³-hybridized carbons (Fsp3) is 0.250. The first kappa shape index (κ1) is 12.5. The van der Waals surface area contributed by atoms with E-state index in [-0.39, 0.29) is 10.6 Å². The van der Waals surface area contributed by atoms with Crippen molar-refractivity contribution in [2.45, 2.75) is 20.4 Å². The number of nitrogens with one attached hydrogen (secondary N) is 1. The summed E-state index contributed by atoms with van der Waals surface area (Å²) in [6.45, 7) is 3.93. The molecule has 6 heteroatoms. The van der Waals surface area contributed by atoms with Crippen LogP contribution < -0.4 is 5.32 Å². The predicted molar refractivity (Wildman–Crippen MR) is 72.0 cm³/mol. The zero-order valence-corrected chi connectivity index (χ0v) is 11.0. The van der Waals surface area contributed by atoms with Crippen molar-refractivity contribution in [2.75, 3.05) is 5.32 Å². The topological polar surface area (TPSA) is 68.1 Å². The Bertz CT molecular complexity index is 567. The standard InChI is InChI=1S/C12H13N3O2S/c1-8-5-14-11(9(2)12(8)15(16)17)6-13-10-3-4-18-7-10/h3-5,7,13H,6H2,1-2H3. The molecular weight excluding hydrogens is 250 g/mol. The molecule has 0 amide bonds. The number of pyridine rings is 1. The van der Waals surface area contributed by atoms with Crippen molar-refractivity contribution in [3.05, 3.63) is 50.0 Å². The normalized spacial score (nSPS) is 10.3. The Morgan fingerprint density at radius 1 is 1.50 bits per heavy atom. The first-order chi connectivity index (χ1) is 8.59. The minimum atomic E-state index is -0.347. The van der Waals surface area contributed by atoms with Gasteiger partial charge in [-0.3, -0.25) is 15.1 Å². The number of thiophene rings is 1. The molecule has 0 atom stereocenters. The van der Waals surface area contributed by atoms with E-state index < -0.39 is 0 Å². The van der Waals surface area contributed by atoms with Crippen molar-refractivity contribution in [2.24, 2.45) is 0 Å². The average molecular weight is 263 g/mol. The summed E-state index contributed by atoms with van der Waals surface area (Å²) in [5, 5.41) is 18.1. The molecule has 2 rings (SSSR count). The van der Waals surface area contributed by atoms with E-state index in [2.05, 4.69) is 10.3 Å². The lowest BCUT2D eigenvalue weighted by Crippen LogP contribution is -2.06. The van der Waals surface area contributed by atoms with Gasteiger partial charge in [0.1, 0.15) is 0 Å². The van der Waals surface area contributed by atoms with E-state index in [1.165, 1.54) is 0 Å². The van der Waals surface area contributed by atoms with E-state index in [4.69, 9.17) is 0 Å². The molecule has 0 saturated heterocycles. The Morgan fingerprint density at radius 2 is 2.28 bits per heavy atom. The van der Waals surface area contributed by atoms with Crippen molar-refractivity contribution in [3.8, 4) is 0 Å². The molecule has 0 unspecified atom stereocenters. The Kier molecular flexibility index (Phi) is 3.57. The van der Waals surface area contributed by atoms with Crippen molar-refractivity contribution >= 4 is 22.7 Å². The van der Waals surface area contributed by atoms with Crippen LogP contribution in [0.1, 0.15) is 16.8 Å². The summed E-state index contributed by atoms with van der Waals surface area (Å²) in [6, 6.07) is 1.96. The molecule has 18 heavy (non-hydrogen) atoms. The average Bonchev–Trinajstić information content (AvgIpc) is 2.80. The lowest BCUT2D eigenvalue weighted by atomic mass is 10.1. The molecule has 0 radical (unpaired) electrons. The van der Waals surface area contributed by atoms with Gasteiger partial charge in [-0.05, 0) is 25.3 Å². The number of nitrogens with zero attached hydrogens (tertiary/aromatic N) is 2. The summed E-state index contributed by atoms with van der Waals surface area (Å²) in [5.41, 5.74) is 3.09. The van der Waals surface area contributed by atoms with Gasteiger partial charge in [0, 0.05) is 22.8 Å². The van der Waals surface area contributed by atoms with Gasteiger partial charge in [0.15, 0.2) is 0 Å². The van der Waals surface area contributed by atoms with Crippen molar-refractivity contribution in [1.29, 1.82) is 0 Å². The predicted octanol–water partition coefficient (Wildman–Crippen LogP) is 3.28. The van der Waals surface area contributed by atoms with Crippen LogP contribution >= 0.6 is 11.3 Å². The van der Waals surface area contributed by atoms with Crippen LogP contribution in [0.5, 0.6) is 0 Å². The molecule has 2 aromatic heterocycles. The van der Waals surface area contributed by atoms with Gasteiger partial charge in [0.25, 0.3) is 5.69 Å². The van der Waals surface area contributed by atoms with E-state index in [0.29, 0.717) is 23.4 Å². The molecule has 0 bridgehead atoms. The molecule has 0 aliphatic carbocycles. The molecule has 0 aliphatic heterocycles. The van der Waals surface area contributed by atoms with Crippen LogP contribution in [-0.2, 0) is 6.54 Å². The third kappa shape index (κ3) is 2.48. The maximum absolute atomic E-state index is 11.0. The van der Waals surface area contributed by atoms with E-state index in [0.717, 1.165) is 5.69 Å². The molecule has 5 nitrogen and oxygen atoms in total. The summed E-state index contributed by atoms with van der Waals surface area (Å²) >= 11 is 1.60. The minimum absolute atomic E-state index is 0.159. The summed E-state index contributed by atoms with van der Waals surface area (Å²) < 4.78 is 0. The van der Waals surface area contributed by atoms with E-state index in [1.807, 2.05) is 16.8 Å². The molecule has 94 valence electrons. The van der Waals surface area contributed by atoms with E-state index >= 15 is 0 Å². The highest BCUT2D eigenvalue weighted by atomic mass is 32.1. The number of hydrogen-bond donors (Lipinski definition) is 1. The first-order valence-corrected chi connectivity index (χ1v) is 6.39. The highest BCUT2D eigenvalue weighted by Crippen LogP contribution is 2.24. The van der Waals surface area contributed by atoms with Gasteiger partial charge in [-0.2, -0.15) is 11.3 Å². The molecule has 0 saturated carbocycles. The fourth-order valence-electron chi connectivity index (χ4n) is 1.78. The van der Waals surface area contributed by atoms with Gasteiger partial charge in [-0.15, -0.1) is 0 Å². The van der Waals surface area contributed by atoms with Crippen LogP contribution in [0.15, 0.2) is 23.0 Å². The van der Waals surface area contributed by atoms with Crippen LogP contribution in [0.3, 0.4) is 0 Å². The molecular formula is C12H13N3O2S. The van der Waals surface area contributed by atoms with Crippen molar-refractivity contribution in [3.63, 3.8) is 0 Å². The number of rotatable bonds is 4. The molecule has 0 aromatic carbocycles. The zero-order chi connectivity index (χ0) is 13.1. The fourth-order valence-corrected chi connectivity index (χ4v) is 2.39.